The van der Waals surface area contributed by atoms with E-state index in [1.807, 2.05) is 30.3 Å². The Kier molecular flexibility index (Phi) is 6.22. The SMILES string of the molecule is CCCNCc1cccc(COc2cccc(CC)c2)n1. The third-order valence-electron chi connectivity index (χ3n) is 3.29. The normalized spacial score (nSPS) is 10.6. The predicted molar refractivity (Wildman–Crippen MR) is 86.4 cm³/mol. The van der Waals surface area contributed by atoms with Crippen LogP contribution in [0, 0.1) is 0 Å². The number of hydrogen-bond acceptors (Lipinski definition) is 3. The lowest BCUT2D eigenvalue weighted by atomic mass is 10.2. The summed E-state index contributed by atoms with van der Waals surface area (Å²) in [5.74, 6) is 0.908. The van der Waals surface area contributed by atoms with Crippen molar-refractivity contribution < 1.29 is 4.74 Å². The summed E-state index contributed by atoms with van der Waals surface area (Å²) >= 11 is 0. The van der Waals surface area contributed by atoms with Crippen molar-refractivity contribution >= 4 is 0 Å². The van der Waals surface area contributed by atoms with Gasteiger partial charge in [-0.05, 0) is 49.2 Å². The first kappa shape index (κ1) is 15.5. The highest BCUT2D eigenvalue weighted by Crippen LogP contribution is 2.15. The van der Waals surface area contributed by atoms with E-state index in [1.54, 1.807) is 0 Å². The summed E-state index contributed by atoms with van der Waals surface area (Å²) < 4.78 is 5.83. The molecule has 0 fully saturated rings. The van der Waals surface area contributed by atoms with Crippen LogP contribution >= 0.6 is 0 Å². The van der Waals surface area contributed by atoms with E-state index in [2.05, 4.69) is 36.3 Å². The number of pyridine rings is 1. The molecule has 0 spiro atoms. The molecule has 0 aliphatic heterocycles. The van der Waals surface area contributed by atoms with E-state index >= 15 is 0 Å². The maximum Gasteiger partial charge on any atom is 0.130 e. The quantitative estimate of drug-likeness (QED) is 0.750. The monoisotopic (exact) mass is 284 g/mol. The zero-order valence-corrected chi connectivity index (χ0v) is 12.9. The minimum Gasteiger partial charge on any atom is -0.487 e. The Balaban J connectivity index is 1.91. The summed E-state index contributed by atoms with van der Waals surface area (Å²) in [5, 5.41) is 3.36. The molecule has 0 amide bonds. The van der Waals surface area contributed by atoms with E-state index in [0.29, 0.717) is 6.61 Å². The van der Waals surface area contributed by atoms with Crippen molar-refractivity contribution in [3.8, 4) is 5.75 Å². The molecule has 2 aromatic rings. The number of ether oxygens (including phenoxy) is 1. The second-order valence-electron chi connectivity index (χ2n) is 5.09. The first-order valence-corrected chi connectivity index (χ1v) is 7.69. The van der Waals surface area contributed by atoms with Crippen molar-refractivity contribution in [3.63, 3.8) is 0 Å². The van der Waals surface area contributed by atoms with Crippen molar-refractivity contribution in [2.45, 2.75) is 39.8 Å². The van der Waals surface area contributed by atoms with Gasteiger partial charge in [-0.25, -0.2) is 0 Å². The number of nitrogens with one attached hydrogen (secondary N) is 1. The van der Waals surface area contributed by atoms with Gasteiger partial charge in [-0.15, -0.1) is 0 Å². The molecule has 0 saturated carbocycles. The summed E-state index contributed by atoms with van der Waals surface area (Å²) in [6.07, 6.45) is 2.16. The van der Waals surface area contributed by atoms with E-state index in [0.717, 1.165) is 43.1 Å². The van der Waals surface area contributed by atoms with Gasteiger partial charge in [0.15, 0.2) is 0 Å². The topological polar surface area (TPSA) is 34.1 Å². The van der Waals surface area contributed by atoms with Gasteiger partial charge in [-0.1, -0.05) is 32.0 Å². The minimum atomic E-state index is 0.509. The second kappa shape index (κ2) is 8.42. The van der Waals surface area contributed by atoms with Gasteiger partial charge >= 0.3 is 0 Å². The molecule has 1 heterocycles. The Morgan fingerprint density at radius 2 is 1.86 bits per heavy atom. The van der Waals surface area contributed by atoms with Crippen LogP contribution < -0.4 is 10.1 Å². The maximum absolute atomic E-state index is 5.83. The van der Waals surface area contributed by atoms with Crippen molar-refractivity contribution in [1.82, 2.24) is 10.3 Å². The number of aromatic nitrogens is 1. The van der Waals surface area contributed by atoms with Crippen LogP contribution in [0.15, 0.2) is 42.5 Å². The first-order chi connectivity index (χ1) is 10.3. The van der Waals surface area contributed by atoms with Crippen LogP contribution in [-0.2, 0) is 19.6 Å². The van der Waals surface area contributed by atoms with Crippen LogP contribution in [-0.4, -0.2) is 11.5 Å². The van der Waals surface area contributed by atoms with E-state index in [9.17, 15) is 0 Å². The Labute approximate surface area is 127 Å². The van der Waals surface area contributed by atoms with Crippen molar-refractivity contribution in [1.29, 1.82) is 0 Å². The average Bonchev–Trinajstić information content (AvgIpc) is 2.54. The molecular formula is C18H24N2O. The number of aryl methyl sites for hydroxylation is 1. The van der Waals surface area contributed by atoms with Crippen LogP contribution in [0.5, 0.6) is 5.75 Å². The number of rotatable bonds is 8. The Hall–Kier alpha value is -1.87. The van der Waals surface area contributed by atoms with Crippen LogP contribution in [0.3, 0.4) is 0 Å². The molecule has 3 heteroatoms. The molecule has 1 aromatic carbocycles. The fourth-order valence-electron chi connectivity index (χ4n) is 2.11. The molecule has 0 aliphatic rings. The highest BCUT2D eigenvalue weighted by Gasteiger charge is 2.00. The molecule has 0 unspecified atom stereocenters. The minimum absolute atomic E-state index is 0.509. The molecule has 112 valence electrons. The van der Waals surface area contributed by atoms with E-state index in [4.69, 9.17) is 4.74 Å². The molecule has 0 saturated heterocycles. The molecule has 0 radical (unpaired) electrons. The maximum atomic E-state index is 5.83. The summed E-state index contributed by atoms with van der Waals surface area (Å²) in [4.78, 5) is 4.61. The third-order valence-corrected chi connectivity index (χ3v) is 3.29. The van der Waals surface area contributed by atoms with Gasteiger partial charge in [0, 0.05) is 6.54 Å². The van der Waals surface area contributed by atoms with Crippen LogP contribution in [0.25, 0.3) is 0 Å². The second-order valence-corrected chi connectivity index (χ2v) is 5.09. The largest absolute Gasteiger partial charge is 0.487 e. The van der Waals surface area contributed by atoms with Crippen LogP contribution in [0.1, 0.15) is 37.2 Å². The third kappa shape index (κ3) is 5.20. The van der Waals surface area contributed by atoms with Crippen molar-refractivity contribution in [2.75, 3.05) is 6.54 Å². The number of benzene rings is 1. The Morgan fingerprint density at radius 3 is 2.67 bits per heavy atom. The molecule has 0 bridgehead atoms. The van der Waals surface area contributed by atoms with Crippen LogP contribution in [0.2, 0.25) is 0 Å². The molecule has 0 aliphatic carbocycles. The summed E-state index contributed by atoms with van der Waals surface area (Å²) in [5.41, 5.74) is 3.32. The van der Waals surface area contributed by atoms with Gasteiger partial charge in [-0.2, -0.15) is 0 Å². The van der Waals surface area contributed by atoms with Gasteiger partial charge in [0.05, 0.1) is 11.4 Å². The van der Waals surface area contributed by atoms with Crippen LogP contribution in [0.4, 0.5) is 0 Å². The highest BCUT2D eigenvalue weighted by molar-refractivity contribution is 5.28. The number of nitrogens with zero attached hydrogens (tertiary/aromatic N) is 1. The molecule has 21 heavy (non-hydrogen) atoms. The Morgan fingerprint density at radius 1 is 1.05 bits per heavy atom. The van der Waals surface area contributed by atoms with Gasteiger partial charge in [0.25, 0.3) is 0 Å². The lowest BCUT2D eigenvalue weighted by Gasteiger charge is -2.09. The fourth-order valence-corrected chi connectivity index (χ4v) is 2.11. The smallest absolute Gasteiger partial charge is 0.130 e. The van der Waals surface area contributed by atoms with Gasteiger partial charge in [0.2, 0.25) is 0 Å². The first-order valence-electron chi connectivity index (χ1n) is 7.69. The zero-order chi connectivity index (χ0) is 14.9. The zero-order valence-electron chi connectivity index (χ0n) is 12.9. The van der Waals surface area contributed by atoms with E-state index in [1.165, 1.54) is 5.56 Å². The highest BCUT2D eigenvalue weighted by atomic mass is 16.5. The molecule has 3 nitrogen and oxygen atoms in total. The summed E-state index contributed by atoms with van der Waals surface area (Å²) in [7, 11) is 0. The lowest BCUT2D eigenvalue weighted by molar-refractivity contribution is 0.300. The Bertz CT molecular complexity index is 554. The van der Waals surface area contributed by atoms with Gasteiger partial charge < -0.3 is 10.1 Å². The summed E-state index contributed by atoms with van der Waals surface area (Å²) in [6.45, 7) is 6.65. The lowest BCUT2D eigenvalue weighted by Crippen LogP contribution is -2.15. The fraction of sp³-hybridized carbons (Fsp3) is 0.389. The average molecular weight is 284 g/mol. The number of hydrogen-bond donors (Lipinski definition) is 1. The molecule has 2 rings (SSSR count). The van der Waals surface area contributed by atoms with E-state index < -0.39 is 0 Å². The molecule has 1 aromatic heterocycles. The summed E-state index contributed by atoms with van der Waals surface area (Å²) in [6, 6.07) is 14.3. The van der Waals surface area contributed by atoms with Gasteiger partial charge in [0.1, 0.15) is 12.4 Å². The van der Waals surface area contributed by atoms with E-state index in [-0.39, 0.29) is 0 Å². The standard InChI is InChI=1S/C18H24N2O/c1-3-11-19-13-16-8-6-9-17(20-16)14-21-18-10-5-7-15(4-2)12-18/h5-10,12,19H,3-4,11,13-14H2,1-2H3. The molecular weight excluding hydrogens is 260 g/mol. The molecule has 0 atom stereocenters. The molecule has 1 N–H and O–H groups in total. The van der Waals surface area contributed by atoms with Crippen molar-refractivity contribution in [2.24, 2.45) is 0 Å². The van der Waals surface area contributed by atoms with Crippen molar-refractivity contribution in [3.05, 3.63) is 59.4 Å². The predicted octanol–water partition coefficient (Wildman–Crippen LogP) is 3.72. The van der Waals surface area contributed by atoms with Gasteiger partial charge in [-0.3, -0.25) is 4.98 Å².